The Morgan fingerprint density at radius 1 is 1.12 bits per heavy atom. The number of thioether (sulfide) groups is 1. The van der Waals surface area contributed by atoms with Gasteiger partial charge in [0.05, 0.1) is 16.2 Å². The number of benzene rings is 2. The molecule has 1 amide bonds. The van der Waals surface area contributed by atoms with Crippen LogP contribution in [-0.2, 0) is 4.79 Å². The van der Waals surface area contributed by atoms with Crippen LogP contribution < -0.4 is 5.32 Å². The second-order valence-corrected chi connectivity index (χ2v) is 7.52. The minimum absolute atomic E-state index is 0.0463. The SMILES string of the molecule is Cc1ccc(C)c(C(C)NC(=O)C(C)Sc2ccc([N+](=O)[O-])cc2)c1. The maximum Gasteiger partial charge on any atom is 0.269 e. The van der Waals surface area contributed by atoms with Gasteiger partial charge in [0, 0.05) is 17.0 Å². The summed E-state index contributed by atoms with van der Waals surface area (Å²) in [6, 6.07) is 12.4. The molecule has 2 unspecified atom stereocenters. The first-order valence-electron chi connectivity index (χ1n) is 8.06. The van der Waals surface area contributed by atoms with E-state index in [1.54, 1.807) is 12.1 Å². The van der Waals surface area contributed by atoms with Crippen molar-refractivity contribution < 1.29 is 9.72 Å². The van der Waals surface area contributed by atoms with Gasteiger partial charge in [0.1, 0.15) is 0 Å². The number of hydrogen-bond acceptors (Lipinski definition) is 4. The first-order valence-corrected chi connectivity index (χ1v) is 8.94. The summed E-state index contributed by atoms with van der Waals surface area (Å²) in [6.45, 7) is 7.87. The van der Waals surface area contributed by atoms with E-state index in [-0.39, 0.29) is 22.9 Å². The number of carbonyl (C=O) groups excluding carboxylic acids is 1. The first-order chi connectivity index (χ1) is 11.8. The molecule has 2 rings (SSSR count). The van der Waals surface area contributed by atoms with E-state index >= 15 is 0 Å². The van der Waals surface area contributed by atoms with Crippen molar-refractivity contribution in [3.63, 3.8) is 0 Å². The average molecular weight is 358 g/mol. The van der Waals surface area contributed by atoms with Gasteiger partial charge >= 0.3 is 0 Å². The van der Waals surface area contributed by atoms with Gasteiger partial charge in [-0.2, -0.15) is 0 Å². The molecule has 6 heteroatoms. The number of nitro benzene ring substituents is 1. The van der Waals surface area contributed by atoms with Crippen LogP contribution in [0.2, 0.25) is 0 Å². The number of non-ortho nitro benzene ring substituents is 1. The third-order valence-electron chi connectivity index (χ3n) is 3.99. The molecule has 2 aromatic rings. The van der Waals surface area contributed by atoms with E-state index in [0.29, 0.717) is 0 Å². The third-order valence-corrected chi connectivity index (χ3v) is 5.10. The van der Waals surface area contributed by atoms with E-state index < -0.39 is 4.92 Å². The lowest BCUT2D eigenvalue weighted by Crippen LogP contribution is -2.33. The molecule has 0 saturated heterocycles. The lowest BCUT2D eigenvalue weighted by Gasteiger charge is -2.20. The van der Waals surface area contributed by atoms with E-state index in [2.05, 4.69) is 23.5 Å². The maximum absolute atomic E-state index is 12.5. The average Bonchev–Trinajstić information content (AvgIpc) is 2.57. The fourth-order valence-electron chi connectivity index (χ4n) is 2.54. The minimum Gasteiger partial charge on any atom is -0.349 e. The van der Waals surface area contributed by atoms with Gasteiger partial charge in [-0.25, -0.2) is 0 Å². The van der Waals surface area contributed by atoms with Gasteiger partial charge in [-0.15, -0.1) is 11.8 Å². The summed E-state index contributed by atoms with van der Waals surface area (Å²) in [5, 5.41) is 13.4. The Kier molecular flexibility index (Phi) is 6.20. The lowest BCUT2D eigenvalue weighted by molar-refractivity contribution is -0.384. The van der Waals surface area contributed by atoms with Gasteiger partial charge in [0.15, 0.2) is 0 Å². The van der Waals surface area contributed by atoms with Crippen LogP contribution in [0.25, 0.3) is 0 Å². The van der Waals surface area contributed by atoms with Crippen LogP contribution in [0.1, 0.15) is 36.6 Å². The molecule has 2 aromatic carbocycles. The number of nitrogens with zero attached hydrogens (tertiary/aromatic N) is 1. The zero-order chi connectivity index (χ0) is 18.6. The van der Waals surface area contributed by atoms with Crippen LogP contribution in [0.15, 0.2) is 47.4 Å². The molecular formula is C19H22N2O3S. The molecule has 0 aromatic heterocycles. The normalized spacial score (nSPS) is 13.1. The molecule has 1 N–H and O–H groups in total. The molecule has 0 bridgehead atoms. The number of nitro groups is 1. The molecule has 0 fully saturated rings. The van der Waals surface area contributed by atoms with Crippen LogP contribution in [0.3, 0.4) is 0 Å². The molecule has 5 nitrogen and oxygen atoms in total. The van der Waals surface area contributed by atoms with Crippen molar-refractivity contribution in [3.05, 3.63) is 69.3 Å². The first kappa shape index (κ1) is 19.0. The maximum atomic E-state index is 12.5. The standard InChI is InChI=1S/C19H22N2O3S/c1-12-5-6-13(2)18(11-12)14(3)20-19(22)15(4)25-17-9-7-16(8-10-17)21(23)24/h5-11,14-15H,1-4H3,(H,20,22). The summed E-state index contributed by atoms with van der Waals surface area (Å²) in [4.78, 5) is 23.5. The Morgan fingerprint density at radius 3 is 2.36 bits per heavy atom. The van der Waals surface area contributed by atoms with Crippen molar-refractivity contribution in [2.24, 2.45) is 0 Å². The summed E-state index contributed by atoms with van der Waals surface area (Å²) >= 11 is 1.38. The van der Waals surface area contributed by atoms with Crippen LogP contribution in [0.5, 0.6) is 0 Å². The Bertz CT molecular complexity index is 775. The molecular weight excluding hydrogens is 336 g/mol. The highest BCUT2D eigenvalue weighted by Crippen LogP contribution is 2.26. The Hall–Kier alpha value is -2.34. The van der Waals surface area contributed by atoms with Gasteiger partial charge in [-0.05, 0) is 51.0 Å². The predicted octanol–water partition coefficient (Wildman–Crippen LogP) is 4.57. The van der Waals surface area contributed by atoms with Crippen LogP contribution >= 0.6 is 11.8 Å². The molecule has 0 radical (unpaired) electrons. The zero-order valence-electron chi connectivity index (χ0n) is 14.8. The van der Waals surface area contributed by atoms with E-state index in [9.17, 15) is 14.9 Å². The van der Waals surface area contributed by atoms with Gasteiger partial charge in [0.2, 0.25) is 5.91 Å². The number of amides is 1. The summed E-state index contributed by atoms with van der Waals surface area (Å²) in [7, 11) is 0. The van der Waals surface area contributed by atoms with Crippen molar-refractivity contribution >= 4 is 23.4 Å². The van der Waals surface area contributed by atoms with E-state index in [1.807, 2.05) is 27.7 Å². The quantitative estimate of drug-likeness (QED) is 0.466. The van der Waals surface area contributed by atoms with Gasteiger partial charge in [0.25, 0.3) is 5.69 Å². The third kappa shape index (κ3) is 5.06. The zero-order valence-corrected chi connectivity index (χ0v) is 15.6. The Morgan fingerprint density at radius 2 is 1.76 bits per heavy atom. The molecule has 0 aliphatic heterocycles. The van der Waals surface area contributed by atoms with Crippen LogP contribution in [-0.4, -0.2) is 16.1 Å². The van der Waals surface area contributed by atoms with Gasteiger partial charge in [-0.1, -0.05) is 23.8 Å². The molecule has 0 aliphatic rings. The highest BCUT2D eigenvalue weighted by atomic mass is 32.2. The van der Waals surface area contributed by atoms with Crippen molar-refractivity contribution in [2.45, 2.75) is 43.9 Å². The van der Waals surface area contributed by atoms with E-state index in [4.69, 9.17) is 0 Å². The fourth-order valence-corrected chi connectivity index (χ4v) is 3.42. The predicted molar refractivity (Wildman–Crippen MR) is 101 cm³/mol. The smallest absolute Gasteiger partial charge is 0.269 e. The lowest BCUT2D eigenvalue weighted by atomic mass is 10.00. The van der Waals surface area contributed by atoms with E-state index in [0.717, 1.165) is 21.6 Å². The van der Waals surface area contributed by atoms with Gasteiger partial charge in [-0.3, -0.25) is 14.9 Å². The number of nitrogens with one attached hydrogen (secondary N) is 1. The number of carbonyl (C=O) groups is 1. The largest absolute Gasteiger partial charge is 0.349 e. The summed E-state index contributed by atoms with van der Waals surface area (Å²) < 4.78 is 0. The Balaban J connectivity index is 1.99. The van der Waals surface area contributed by atoms with Crippen LogP contribution in [0.4, 0.5) is 5.69 Å². The summed E-state index contributed by atoms with van der Waals surface area (Å²) in [5.41, 5.74) is 3.47. The molecule has 0 aliphatic carbocycles. The summed E-state index contributed by atoms with van der Waals surface area (Å²) in [5.74, 6) is -0.0586. The molecule has 0 spiro atoms. The highest BCUT2D eigenvalue weighted by Gasteiger charge is 2.18. The van der Waals surface area contributed by atoms with Gasteiger partial charge < -0.3 is 5.32 Å². The molecule has 132 valence electrons. The van der Waals surface area contributed by atoms with Crippen molar-refractivity contribution in [2.75, 3.05) is 0 Å². The molecule has 0 heterocycles. The van der Waals surface area contributed by atoms with Crippen molar-refractivity contribution in [1.29, 1.82) is 0 Å². The molecule has 2 atom stereocenters. The van der Waals surface area contributed by atoms with Crippen molar-refractivity contribution in [3.8, 4) is 0 Å². The summed E-state index contributed by atoms with van der Waals surface area (Å²) in [6.07, 6.45) is 0. The fraction of sp³-hybridized carbons (Fsp3) is 0.316. The minimum atomic E-state index is -0.434. The number of rotatable bonds is 6. The molecule has 0 saturated carbocycles. The van der Waals surface area contributed by atoms with Crippen molar-refractivity contribution in [1.82, 2.24) is 5.32 Å². The monoisotopic (exact) mass is 358 g/mol. The van der Waals surface area contributed by atoms with E-state index in [1.165, 1.54) is 23.9 Å². The highest BCUT2D eigenvalue weighted by molar-refractivity contribution is 8.00. The second kappa shape index (κ2) is 8.16. The second-order valence-electron chi connectivity index (χ2n) is 6.10. The number of aryl methyl sites for hydroxylation is 2. The topological polar surface area (TPSA) is 72.2 Å². The van der Waals surface area contributed by atoms with Crippen LogP contribution in [0, 0.1) is 24.0 Å². The molecule has 25 heavy (non-hydrogen) atoms. The Labute approximate surface area is 152 Å². The number of hydrogen-bond donors (Lipinski definition) is 1.